The second-order valence-corrected chi connectivity index (χ2v) is 9.52. The Morgan fingerprint density at radius 2 is 2.00 bits per heavy atom. The zero-order valence-corrected chi connectivity index (χ0v) is 14.9. The summed E-state index contributed by atoms with van der Waals surface area (Å²) in [4.78, 5) is 12.5. The van der Waals surface area contributed by atoms with Crippen LogP contribution in [0.3, 0.4) is 0 Å². The van der Waals surface area contributed by atoms with Crippen LogP contribution in [0.25, 0.3) is 0 Å². The fourth-order valence-corrected chi connectivity index (χ4v) is 6.00. The van der Waals surface area contributed by atoms with Crippen LogP contribution < -0.4 is 0 Å². The molecule has 10 heteroatoms. The van der Waals surface area contributed by atoms with Gasteiger partial charge in [0.2, 0.25) is 0 Å². The van der Waals surface area contributed by atoms with Gasteiger partial charge in [-0.2, -0.15) is 4.31 Å². The van der Waals surface area contributed by atoms with Crippen molar-refractivity contribution in [2.45, 2.75) is 10.6 Å². The van der Waals surface area contributed by atoms with Crippen LogP contribution >= 0.6 is 38.9 Å². The average Bonchev–Trinajstić information content (AvgIpc) is 2.77. The summed E-state index contributed by atoms with van der Waals surface area (Å²) in [5.74, 6) is -0.844. The van der Waals surface area contributed by atoms with E-state index < -0.39 is 16.0 Å². The summed E-state index contributed by atoms with van der Waals surface area (Å²) in [7, 11) is -3.52. The van der Waals surface area contributed by atoms with Crippen LogP contribution in [0.5, 0.6) is 0 Å². The Morgan fingerprint density at radius 3 is 2.48 bits per heavy atom. The lowest BCUT2D eigenvalue weighted by Gasteiger charge is -2.33. The van der Waals surface area contributed by atoms with E-state index in [-0.39, 0.29) is 10.6 Å². The lowest BCUT2D eigenvalue weighted by molar-refractivity contribution is -0.137. The molecule has 0 aliphatic carbocycles. The number of halogens is 2. The Kier molecular flexibility index (Phi) is 5.66. The van der Waals surface area contributed by atoms with E-state index in [1.54, 1.807) is 0 Å². The number of piperazine rings is 1. The van der Waals surface area contributed by atoms with Crippen LogP contribution in [-0.2, 0) is 14.8 Å². The van der Waals surface area contributed by atoms with Crippen LogP contribution in [0.4, 0.5) is 0 Å². The Labute approximate surface area is 140 Å². The first-order chi connectivity index (χ1) is 9.80. The molecule has 0 amide bonds. The maximum Gasteiger partial charge on any atom is 0.304 e. The van der Waals surface area contributed by atoms with Crippen LogP contribution in [0.1, 0.15) is 6.42 Å². The highest BCUT2D eigenvalue weighted by atomic mass is 79.9. The van der Waals surface area contributed by atoms with E-state index in [9.17, 15) is 13.2 Å². The van der Waals surface area contributed by atoms with Crippen LogP contribution in [0, 0.1) is 0 Å². The molecular weight excluding hydrogens is 404 g/mol. The molecule has 2 rings (SSSR count). The number of hydrogen-bond donors (Lipinski definition) is 1. The molecule has 1 aromatic heterocycles. The predicted molar refractivity (Wildman–Crippen MR) is 84.5 cm³/mol. The first-order valence-electron chi connectivity index (χ1n) is 6.20. The summed E-state index contributed by atoms with van der Waals surface area (Å²) in [5.41, 5.74) is 0. The number of hydrogen-bond acceptors (Lipinski definition) is 5. The maximum absolute atomic E-state index is 12.5. The van der Waals surface area contributed by atoms with E-state index in [1.165, 1.54) is 10.4 Å². The van der Waals surface area contributed by atoms with E-state index in [4.69, 9.17) is 16.7 Å². The number of aliphatic carboxylic acids is 1. The van der Waals surface area contributed by atoms with Gasteiger partial charge in [0, 0.05) is 32.7 Å². The summed E-state index contributed by atoms with van der Waals surface area (Å²) >= 11 is 10.2. The van der Waals surface area contributed by atoms with Gasteiger partial charge in [0.15, 0.2) is 0 Å². The quantitative estimate of drug-likeness (QED) is 0.792. The highest BCUT2D eigenvalue weighted by molar-refractivity contribution is 9.11. The Bertz CT molecular complexity index is 607. The SMILES string of the molecule is O=C(O)CCN1CCN(S(=O)(=O)c2cc(Cl)c(Br)s2)CC1. The molecule has 0 unspecified atom stereocenters. The van der Waals surface area contributed by atoms with Crippen LogP contribution in [0.15, 0.2) is 14.1 Å². The zero-order valence-electron chi connectivity index (χ0n) is 11.0. The van der Waals surface area contributed by atoms with Gasteiger partial charge in [0.05, 0.1) is 15.2 Å². The van der Waals surface area contributed by atoms with Crippen molar-refractivity contribution >= 4 is 54.9 Å². The van der Waals surface area contributed by atoms with Gasteiger partial charge in [-0.15, -0.1) is 11.3 Å². The van der Waals surface area contributed by atoms with E-state index in [1.807, 2.05) is 4.90 Å². The molecule has 0 bridgehead atoms. The molecule has 1 aliphatic rings. The van der Waals surface area contributed by atoms with Crippen molar-refractivity contribution in [1.82, 2.24) is 9.21 Å². The molecule has 1 aliphatic heterocycles. The van der Waals surface area contributed by atoms with Gasteiger partial charge >= 0.3 is 5.97 Å². The highest BCUT2D eigenvalue weighted by Gasteiger charge is 2.30. The van der Waals surface area contributed by atoms with E-state index in [0.29, 0.717) is 41.5 Å². The largest absolute Gasteiger partial charge is 0.481 e. The van der Waals surface area contributed by atoms with Gasteiger partial charge in [-0.1, -0.05) is 11.6 Å². The minimum absolute atomic E-state index is 0.0697. The number of sulfonamides is 1. The molecule has 0 saturated carbocycles. The Balaban J connectivity index is 1.99. The molecule has 1 saturated heterocycles. The van der Waals surface area contributed by atoms with Crippen molar-refractivity contribution in [2.24, 2.45) is 0 Å². The van der Waals surface area contributed by atoms with Gasteiger partial charge in [-0.3, -0.25) is 4.79 Å². The molecule has 1 aromatic rings. The standard InChI is InChI=1S/C11H14BrClN2O4S2/c12-11-8(13)7-10(20-11)21(18,19)15-5-3-14(4-6-15)2-1-9(16)17/h7H,1-6H2,(H,16,17). The monoisotopic (exact) mass is 416 g/mol. The fraction of sp³-hybridized carbons (Fsp3) is 0.545. The number of rotatable bonds is 5. The molecule has 2 heterocycles. The number of thiophene rings is 1. The fourth-order valence-electron chi connectivity index (χ4n) is 2.03. The van der Waals surface area contributed by atoms with Gasteiger partial charge in [-0.25, -0.2) is 8.42 Å². The van der Waals surface area contributed by atoms with Crippen molar-refractivity contribution in [1.29, 1.82) is 0 Å². The smallest absolute Gasteiger partial charge is 0.304 e. The van der Waals surface area contributed by atoms with Crippen molar-refractivity contribution in [3.63, 3.8) is 0 Å². The lowest BCUT2D eigenvalue weighted by Crippen LogP contribution is -2.48. The first kappa shape index (κ1) is 17.2. The van der Waals surface area contributed by atoms with Crippen LogP contribution in [-0.4, -0.2) is 61.4 Å². The van der Waals surface area contributed by atoms with Crippen molar-refractivity contribution in [3.8, 4) is 0 Å². The molecule has 1 fully saturated rings. The minimum Gasteiger partial charge on any atom is -0.481 e. The predicted octanol–water partition coefficient (Wildman–Crippen LogP) is 1.95. The molecule has 0 spiro atoms. The van der Waals surface area contributed by atoms with Crippen molar-refractivity contribution < 1.29 is 18.3 Å². The van der Waals surface area contributed by atoms with E-state index in [0.717, 1.165) is 11.3 Å². The number of carboxylic acids is 1. The molecule has 1 N–H and O–H groups in total. The number of carbonyl (C=O) groups is 1. The second kappa shape index (κ2) is 6.93. The van der Waals surface area contributed by atoms with Crippen LogP contribution in [0.2, 0.25) is 5.02 Å². The summed E-state index contributed by atoms with van der Waals surface area (Å²) in [6, 6.07) is 1.45. The minimum atomic E-state index is -3.52. The third-order valence-electron chi connectivity index (χ3n) is 3.19. The Hall–Kier alpha value is -0.190. The topological polar surface area (TPSA) is 77.9 Å². The second-order valence-electron chi connectivity index (χ2n) is 4.58. The number of nitrogens with zero attached hydrogens (tertiary/aromatic N) is 2. The lowest BCUT2D eigenvalue weighted by atomic mass is 10.3. The van der Waals surface area contributed by atoms with Gasteiger partial charge < -0.3 is 10.0 Å². The maximum atomic E-state index is 12.5. The summed E-state index contributed by atoms with van der Waals surface area (Å²) in [6.07, 6.45) is 0.0697. The molecule has 0 atom stereocenters. The van der Waals surface area contributed by atoms with Gasteiger partial charge in [0.25, 0.3) is 10.0 Å². The third kappa shape index (κ3) is 4.17. The molecule has 6 nitrogen and oxygen atoms in total. The highest BCUT2D eigenvalue weighted by Crippen LogP contribution is 2.36. The first-order valence-corrected chi connectivity index (χ1v) is 9.62. The normalized spacial score (nSPS) is 18.0. The van der Waals surface area contributed by atoms with Crippen molar-refractivity contribution in [2.75, 3.05) is 32.7 Å². The molecular formula is C11H14BrClN2O4S2. The summed E-state index contributed by atoms with van der Waals surface area (Å²) in [6.45, 7) is 2.23. The Morgan fingerprint density at radius 1 is 1.38 bits per heavy atom. The average molecular weight is 418 g/mol. The molecule has 118 valence electrons. The number of carboxylic acid groups (broad SMARTS) is 1. The van der Waals surface area contributed by atoms with Gasteiger partial charge in [0.1, 0.15) is 4.21 Å². The third-order valence-corrected chi connectivity index (χ3v) is 8.01. The van der Waals surface area contributed by atoms with E-state index in [2.05, 4.69) is 15.9 Å². The summed E-state index contributed by atoms with van der Waals surface area (Å²) < 4.78 is 27.2. The molecule has 0 radical (unpaired) electrons. The van der Waals surface area contributed by atoms with Crippen molar-refractivity contribution in [3.05, 3.63) is 14.9 Å². The molecule has 0 aromatic carbocycles. The zero-order chi connectivity index (χ0) is 15.6. The molecule has 21 heavy (non-hydrogen) atoms. The van der Waals surface area contributed by atoms with Gasteiger partial charge in [-0.05, 0) is 22.0 Å². The summed E-state index contributed by atoms with van der Waals surface area (Å²) in [5, 5.41) is 9.04. The van der Waals surface area contributed by atoms with E-state index >= 15 is 0 Å².